The number of nitrogens with zero attached hydrogens (tertiary/aromatic N) is 1. The first-order valence-electron chi connectivity index (χ1n) is 11.5. The molecule has 0 bridgehead atoms. The minimum Gasteiger partial charge on any atom is -0.490 e. The highest BCUT2D eigenvalue weighted by atomic mass is 32.1. The Bertz CT molecular complexity index is 1200. The average molecular weight is 463 g/mol. The lowest BCUT2D eigenvalue weighted by molar-refractivity contribution is 0.0945. The van der Waals surface area contributed by atoms with Crippen LogP contribution in [0.3, 0.4) is 0 Å². The van der Waals surface area contributed by atoms with Crippen LogP contribution >= 0.6 is 11.3 Å². The predicted octanol–water partition coefficient (Wildman–Crippen LogP) is 5.72. The predicted molar refractivity (Wildman–Crippen MR) is 135 cm³/mol. The molecule has 5 nitrogen and oxygen atoms in total. The number of aryl methyl sites for hydroxylation is 2. The number of amides is 1. The molecule has 0 unspecified atom stereocenters. The number of aromatic nitrogens is 1. The van der Waals surface area contributed by atoms with Gasteiger partial charge in [-0.05, 0) is 67.5 Å². The quantitative estimate of drug-likeness (QED) is 0.310. The van der Waals surface area contributed by atoms with Crippen molar-refractivity contribution in [1.82, 2.24) is 9.88 Å². The van der Waals surface area contributed by atoms with Gasteiger partial charge in [0.25, 0.3) is 5.91 Å². The highest BCUT2D eigenvalue weighted by molar-refractivity contribution is 7.17. The lowest BCUT2D eigenvalue weighted by Crippen LogP contribution is -2.28. The van der Waals surface area contributed by atoms with Crippen LogP contribution in [0.5, 0.6) is 11.5 Å². The number of hydrogen-bond acceptors (Lipinski definition) is 4. The minimum atomic E-state index is -0.0394. The van der Waals surface area contributed by atoms with Gasteiger partial charge in [-0.2, -0.15) is 0 Å². The van der Waals surface area contributed by atoms with Crippen LogP contribution in [0.1, 0.15) is 35.5 Å². The van der Waals surface area contributed by atoms with E-state index < -0.39 is 0 Å². The van der Waals surface area contributed by atoms with Crippen LogP contribution in [-0.2, 0) is 19.4 Å². The third-order valence-electron chi connectivity index (χ3n) is 5.53. The number of fused-ring (bicyclic) bond motifs is 1. The van der Waals surface area contributed by atoms with Gasteiger partial charge in [-0.15, -0.1) is 11.3 Å². The summed E-state index contributed by atoms with van der Waals surface area (Å²) < 4.78 is 14.6. The molecule has 4 aromatic rings. The zero-order valence-corrected chi connectivity index (χ0v) is 20.0. The Kier molecular flexibility index (Phi) is 7.68. The van der Waals surface area contributed by atoms with E-state index in [1.807, 2.05) is 44.2 Å². The van der Waals surface area contributed by atoms with Gasteiger partial charge in [0.05, 0.1) is 23.4 Å². The summed E-state index contributed by atoms with van der Waals surface area (Å²) >= 11 is 1.67. The van der Waals surface area contributed by atoms with E-state index in [0.29, 0.717) is 19.8 Å². The van der Waals surface area contributed by atoms with Gasteiger partial charge in [0, 0.05) is 13.1 Å². The van der Waals surface area contributed by atoms with E-state index in [9.17, 15) is 4.79 Å². The maximum atomic E-state index is 13.1. The summed E-state index contributed by atoms with van der Waals surface area (Å²) in [5.41, 5.74) is 4.20. The molecule has 2 aromatic carbocycles. The summed E-state index contributed by atoms with van der Waals surface area (Å²) in [6.07, 6.45) is 1.60. The van der Waals surface area contributed by atoms with Gasteiger partial charge >= 0.3 is 0 Å². The highest BCUT2D eigenvalue weighted by Crippen LogP contribution is 2.29. The second-order valence-corrected chi connectivity index (χ2v) is 8.69. The number of nitrogens with one attached hydrogen (secondary N) is 1. The van der Waals surface area contributed by atoms with Crippen molar-refractivity contribution >= 4 is 27.5 Å². The molecule has 0 radical (unpaired) electrons. The van der Waals surface area contributed by atoms with Crippen molar-refractivity contribution in [2.24, 2.45) is 0 Å². The monoisotopic (exact) mass is 462 g/mol. The number of rotatable bonds is 11. The number of benzene rings is 2. The Morgan fingerprint density at radius 1 is 0.909 bits per heavy atom. The third-order valence-corrected chi connectivity index (χ3v) is 6.38. The number of carbonyl (C=O) groups excluding carboxylic acids is 1. The zero-order valence-electron chi connectivity index (χ0n) is 19.2. The molecule has 0 saturated heterocycles. The molecule has 0 aliphatic heterocycles. The number of thiophene rings is 1. The second-order valence-electron chi connectivity index (χ2n) is 7.74. The molecule has 1 N–H and O–H groups in total. The van der Waals surface area contributed by atoms with Crippen LogP contribution in [0.2, 0.25) is 0 Å². The van der Waals surface area contributed by atoms with Crippen LogP contribution in [0.15, 0.2) is 66.0 Å². The van der Waals surface area contributed by atoms with Crippen molar-refractivity contribution in [3.63, 3.8) is 0 Å². The summed E-state index contributed by atoms with van der Waals surface area (Å²) in [7, 11) is 0. The summed E-state index contributed by atoms with van der Waals surface area (Å²) in [4.78, 5) is 13.1. The fraction of sp³-hybridized carbons (Fsp3) is 0.296. The van der Waals surface area contributed by atoms with Crippen molar-refractivity contribution in [3.05, 3.63) is 82.9 Å². The second kappa shape index (κ2) is 11.1. The molecule has 1 amide bonds. The Hall–Kier alpha value is -3.25. The van der Waals surface area contributed by atoms with Crippen molar-refractivity contribution in [2.75, 3.05) is 19.8 Å². The van der Waals surface area contributed by atoms with Gasteiger partial charge in [-0.3, -0.25) is 4.79 Å². The average Bonchev–Trinajstić information content (AvgIpc) is 3.42. The fourth-order valence-electron chi connectivity index (χ4n) is 3.95. The molecular weight excluding hydrogens is 432 g/mol. The lowest BCUT2D eigenvalue weighted by atomic mass is 10.1. The SMILES string of the molecule is CCOc1ccc(CCNC(=O)c2cc3sccc3n2CCc2ccccc2)cc1OCC. The molecule has 0 fully saturated rings. The molecule has 4 rings (SSSR count). The molecule has 0 saturated carbocycles. The normalized spacial score (nSPS) is 11.0. The summed E-state index contributed by atoms with van der Waals surface area (Å²) in [5.74, 6) is 1.46. The number of hydrogen-bond donors (Lipinski definition) is 1. The maximum absolute atomic E-state index is 13.1. The number of carbonyl (C=O) groups is 1. The van der Waals surface area contributed by atoms with Crippen LogP contribution in [-0.4, -0.2) is 30.2 Å². The van der Waals surface area contributed by atoms with E-state index in [2.05, 4.69) is 45.6 Å². The molecular formula is C27H30N2O3S. The van der Waals surface area contributed by atoms with Crippen molar-refractivity contribution in [1.29, 1.82) is 0 Å². The van der Waals surface area contributed by atoms with Gasteiger partial charge in [0.15, 0.2) is 11.5 Å². The van der Waals surface area contributed by atoms with Gasteiger partial charge in [-0.25, -0.2) is 0 Å². The van der Waals surface area contributed by atoms with E-state index >= 15 is 0 Å². The first-order valence-corrected chi connectivity index (χ1v) is 12.3. The van der Waals surface area contributed by atoms with E-state index in [0.717, 1.165) is 52.4 Å². The van der Waals surface area contributed by atoms with Crippen molar-refractivity contribution in [3.8, 4) is 11.5 Å². The van der Waals surface area contributed by atoms with Crippen LogP contribution in [0, 0.1) is 0 Å². The van der Waals surface area contributed by atoms with E-state index in [1.165, 1.54) is 5.56 Å². The fourth-order valence-corrected chi connectivity index (χ4v) is 4.78. The molecule has 0 aliphatic rings. The van der Waals surface area contributed by atoms with E-state index in [-0.39, 0.29) is 5.91 Å². The van der Waals surface area contributed by atoms with Crippen LogP contribution < -0.4 is 14.8 Å². The molecule has 6 heteroatoms. The highest BCUT2D eigenvalue weighted by Gasteiger charge is 2.16. The Morgan fingerprint density at radius 2 is 1.70 bits per heavy atom. The topological polar surface area (TPSA) is 52.5 Å². The van der Waals surface area contributed by atoms with Gasteiger partial charge in [-0.1, -0.05) is 36.4 Å². The molecule has 0 aliphatic carbocycles. The zero-order chi connectivity index (χ0) is 23.0. The molecule has 0 atom stereocenters. The Balaban J connectivity index is 1.42. The van der Waals surface area contributed by atoms with Gasteiger partial charge in [0.1, 0.15) is 5.69 Å². The first kappa shape index (κ1) is 22.9. The molecule has 2 heterocycles. The van der Waals surface area contributed by atoms with Crippen LogP contribution in [0.4, 0.5) is 0 Å². The smallest absolute Gasteiger partial charge is 0.267 e. The van der Waals surface area contributed by atoms with Crippen LogP contribution in [0.25, 0.3) is 10.2 Å². The summed E-state index contributed by atoms with van der Waals surface area (Å²) in [5, 5.41) is 5.18. The summed E-state index contributed by atoms with van der Waals surface area (Å²) in [6.45, 7) is 6.41. The lowest BCUT2D eigenvalue weighted by Gasteiger charge is -2.13. The van der Waals surface area contributed by atoms with Gasteiger partial charge < -0.3 is 19.4 Å². The Labute approximate surface area is 199 Å². The minimum absolute atomic E-state index is 0.0394. The van der Waals surface area contributed by atoms with Crippen molar-refractivity contribution in [2.45, 2.75) is 33.2 Å². The van der Waals surface area contributed by atoms with Crippen molar-refractivity contribution < 1.29 is 14.3 Å². The van der Waals surface area contributed by atoms with Gasteiger partial charge in [0.2, 0.25) is 0 Å². The molecule has 172 valence electrons. The van der Waals surface area contributed by atoms with E-state index in [1.54, 1.807) is 11.3 Å². The summed E-state index contributed by atoms with van der Waals surface area (Å²) in [6, 6.07) is 20.4. The van der Waals surface area contributed by atoms with E-state index in [4.69, 9.17) is 9.47 Å². The number of ether oxygens (including phenoxy) is 2. The first-order chi connectivity index (χ1) is 16.2. The maximum Gasteiger partial charge on any atom is 0.267 e. The third kappa shape index (κ3) is 5.57. The molecule has 33 heavy (non-hydrogen) atoms. The molecule has 2 aromatic heterocycles. The molecule has 0 spiro atoms. The standard InChI is InChI=1S/C27H30N2O3S/c1-3-31-24-11-10-21(18-25(24)32-4-2)12-15-28-27(30)23-19-26-22(14-17-33-26)29(23)16-13-20-8-6-5-7-9-20/h5-11,14,17-19H,3-4,12-13,15-16H2,1-2H3,(H,28,30). The largest absolute Gasteiger partial charge is 0.490 e. The Morgan fingerprint density at radius 3 is 2.48 bits per heavy atom.